The van der Waals surface area contributed by atoms with E-state index in [4.69, 9.17) is 19.9 Å². The van der Waals surface area contributed by atoms with Crippen molar-refractivity contribution >= 4 is 26.7 Å². The summed E-state index contributed by atoms with van der Waals surface area (Å²) in [5.41, 5.74) is 6.36. The minimum atomic E-state index is 0.489. The first-order chi connectivity index (χ1) is 7.71. The number of hydrogen-bond acceptors (Lipinski definition) is 6. The van der Waals surface area contributed by atoms with Crippen molar-refractivity contribution in [2.24, 2.45) is 0 Å². The molecule has 5 nitrogen and oxygen atoms in total. The second-order valence-corrected chi connectivity index (χ2v) is 4.11. The SMILES string of the molecule is COc1cc2sc(N)nc2c(OC)c1OC. The molecule has 0 radical (unpaired) electrons. The number of rotatable bonds is 3. The Kier molecular flexibility index (Phi) is 2.74. The lowest BCUT2D eigenvalue weighted by Gasteiger charge is -2.11. The summed E-state index contributed by atoms with van der Waals surface area (Å²) in [6.07, 6.45) is 0. The van der Waals surface area contributed by atoms with Crippen molar-refractivity contribution in [3.8, 4) is 17.2 Å². The number of ether oxygens (including phenoxy) is 3. The molecule has 0 bridgehead atoms. The van der Waals surface area contributed by atoms with Gasteiger partial charge in [0.15, 0.2) is 16.6 Å². The molecule has 1 aromatic carbocycles. The van der Waals surface area contributed by atoms with Gasteiger partial charge < -0.3 is 19.9 Å². The molecule has 16 heavy (non-hydrogen) atoms. The fourth-order valence-corrected chi connectivity index (χ4v) is 2.31. The molecule has 0 amide bonds. The van der Waals surface area contributed by atoms with Crippen LogP contribution in [0.4, 0.5) is 5.13 Å². The van der Waals surface area contributed by atoms with Gasteiger partial charge >= 0.3 is 0 Å². The van der Waals surface area contributed by atoms with Crippen molar-refractivity contribution in [3.05, 3.63) is 6.07 Å². The first kappa shape index (κ1) is 10.8. The number of aromatic nitrogens is 1. The van der Waals surface area contributed by atoms with Crippen LogP contribution in [-0.2, 0) is 0 Å². The third kappa shape index (κ3) is 1.51. The predicted octanol–water partition coefficient (Wildman–Crippen LogP) is 1.90. The van der Waals surface area contributed by atoms with Gasteiger partial charge in [-0.1, -0.05) is 11.3 Å². The van der Waals surface area contributed by atoms with Gasteiger partial charge in [0, 0.05) is 6.07 Å². The van der Waals surface area contributed by atoms with E-state index in [0.717, 1.165) is 4.70 Å². The first-order valence-corrected chi connectivity index (χ1v) is 5.38. The Morgan fingerprint density at radius 2 is 1.81 bits per heavy atom. The van der Waals surface area contributed by atoms with Crippen LogP contribution < -0.4 is 19.9 Å². The second kappa shape index (κ2) is 4.05. The zero-order valence-corrected chi connectivity index (χ0v) is 10.1. The number of hydrogen-bond donors (Lipinski definition) is 1. The fraction of sp³-hybridized carbons (Fsp3) is 0.300. The van der Waals surface area contributed by atoms with Gasteiger partial charge in [-0.05, 0) is 0 Å². The minimum Gasteiger partial charge on any atom is -0.493 e. The molecule has 2 aromatic rings. The molecule has 0 saturated heterocycles. The number of nitrogen functional groups attached to an aromatic ring is 1. The Labute approximate surface area is 96.7 Å². The number of benzene rings is 1. The summed E-state index contributed by atoms with van der Waals surface area (Å²) < 4.78 is 16.7. The number of thiazole rings is 1. The molecule has 0 aliphatic carbocycles. The smallest absolute Gasteiger partial charge is 0.205 e. The van der Waals surface area contributed by atoms with Crippen molar-refractivity contribution in [1.82, 2.24) is 4.98 Å². The Morgan fingerprint density at radius 1 is 1.12 bits per heavy atom. The molecular weight excluding hydrogens is 228 g/mol. The zero-order valence-electron chi connectivity index (χ0n) is 9.23. The molecule has 0 aliphatic heterocycles. The molecule has 0 fully saturated rings. The molecule has 0 atom stereocenters. The van der Waals surface area contributed by atoms with Crippen molar-refractivity contribution in [2.75, 3.05) is 27.1 Å². The predicted molar refractivity (Wildman–Crippen MR) is 63.7 cm³/mol. The Hall–Kier alpha value is -1.69. The van der Waals surface area contributed by atoms with Gasteiger partial charge in [-0.25, -0.2) is 4.98 Å². The molecule has 2 rings (SSSR count). The maximum absolute atomic E-state index is 5.67. The maximum atomic E-state index is 5.67. The monoisotopic (exact) mass is 240 g/mol. The topological polar surface area (TPSA) is 66.6 Å². The van der Waals surface area contributed by atoms with Gasteiger partial charge in [0.05, 0.1) is 26.0 Å². The lowest BCUT2D eigenvalue weighted by Crippen LogP contribution is -1.95. The van der Waals surface area contributed by atoms with Crippen LogP contribution in [0.5, 0.6) is 17.2 Å². The van der Waals surface area contributed by atoms with Gasteiger partial charge in [0.2, 0.25) is 5.75 Å². The maximum Gasteiger partial charge on any atom is 0.205 e. The van der Waals surface area contributed by atoms with Crippen LogP contribution in [-0.4, -0.2) is 26.3 Å². The van der Waals surface area contributed by atoms with E-state index in [1.54, 1.807) is 21.3 Å². The standard InChI is InChI=1S/C10H12N2O3S/c1-13-5-4-6-7(12-10(11)16-6)9(15-3)8(5)14-2/h4H,1-3H3,(H2,11,12). The molecule has 1 heterocycles. The molecule has 0 saturated carbocycles. The molecular formula is C10H12N2O3S. The summed E-state index contributed by atoms with van der Waals surface area (Å²) in [5.74, 6) is 1.68. The number of nitrogens with two attached hydrogens (primary N) is 1. The normalized spacial score (nSPS) is 10.4. The third-order valence-corrected chi connectivity index (χ3v) is 3.04. The molecule has 1 aromatic heterocycles. The number of methoxy groups -OCH3 is 3. The highest BCUT2D eigenvalue weighted by molar-refractivity contribution is 7.22. The lowest BCUT2D eigenvalue weighted by atomic mass is 10.2. The summed E-state index contributed by atoms with van der Waals surface area (Å²) >= 11 is 1.38. The molecule has 86 valence electrons. The highest BCUT2D eigenvalue weighted by Crippen LogP contribution is 2.44. The Balaban J connectivity index is 2.81. The van der Waals surface area contributed by atoms with Crippen LogP contribution in [0.15, 0.2) is 6.07 Å². The number of anilines is 1. The van der Waals surface area contributed by atoms with E-state index in [-0.39, 0.29) is 0 Å². The number of nitrogens with zero attached hydrogens (tertiary/aromatic N) is 1. The summed E-state index contributed by atoms with van der Waals surface area (Å²) in [6, 6.07) is 1.84. The Morgan fingerprint density at radius 3 is 2.38 bits per heavy atom. The van der Waals surface area contributed by atoms with E-state index in [0.29, 0.717) is 27.9 Å². The van der Waals surface area contributed by atoms with E-state index in [1.807, 2.05) is 6.07 Å². The van der Waals surface area contributed by atoms with E-state index < -0.39 is 0 Å². The van der Waals surface area contributed by atoms with Crippen molar-refractivity contribution in [3.63, 3.8) is 0 Å². The highest BCUT2D eigenvalue weighted by Gasteiger charge is 2.18. The van der Waals surface area contributed by atoms with Gasteiger partial charge in [0.25, 0.3) is 0 Å². The molecule has 0 unspecified atom stereocenters. The average molecular weight is 240 g/mol. The second-order valence-electron chi connectivity index (χ2n) is 3.04. The quantitative estimate of drug-likeness (QED) is 0.887. The van der Waals surface area contributed by atoms with E-state index in [1.165, 1.54) is 11.3 Å². The number of fused-ring (bicyclic) bond motifs is 1. The highest BCUT2D eigenvalue weighted by atomic mass is 32.1. The lowest BCUT2D eigenvalue weighted by molar-refractivity contribution is 0.327. The van der Waals surface area contributed by atoms with Gasteiger partial charge in [-0.15, -0.1) is 0 Å². The summed E-state index contributed by atoms with van der Waals surface area (Å²) in [6.45, 7) is 0. The molecule has 0 aliphatic rings. The third-order valence-electron chi connectivity index (χ3n) is 2.21. The van der Waals surface area contributed by atoms with E-state index in [9.17, 15) is 0 Å². The average Bonchev–Trinajstić information content (AvgIpc) is 2.66. The van der Waals surface area contributed by atoms with E-state index in [2.05, 4.69) is 4.98 Å². The van der Waals surface area contributed by atoms with Crippen LogP contribution >= 0.6 is 11.3 Å². The van der Waals surface area contributed by atoms with Crippen LogP contribution in [0.25, 0.3) is 10.2 Å². The summed E-state index contributed by atoms with van der Waals surface area (Å²) in [5, 5.41) is 0.489. The first-order valence-electron chi connectivity index (χ1n) is 4.56. The Bertz CT molecular complexity index is 524. The summed E-state index contributed by atoms with van der Waals surface area (Å²) in [7, 11) is 4.70. The van der Waals surface area contributed by atoms with E-state index >= 15 is 0 Å². The molecule has 0 spiro atoms. The van der Waals surface area contributed by atoms with Crippen molar-refractivity contribution in [1.29, 1.82) is 0 Å². The van der Waals surface area contributed by atoms with Gasteiger partial charge in [0.1, 0.15) is 5.52 Å². The zero-order chi connectivity index (χ0) is 11.7. The largest absolute Gasteiger partial charge is 0.493 e. The van der Waals surface area contributed by atoms with Crippen LogP contribution in [0, 0.1) is 0 Å². The van der Waals surface area contributed by atoms with Crippen LogP contribution in [0.3, 0.4) is 0 Å². The fourth-order valence-electron chi connectivity index (χ4n) is 1.55. The van der Waals surface area contributed by atoms with Crippen molar-refractivity contribution in [2.45, 2.75) is 0 Å². The van der Waals surface area contributed by atoms with Gasteiger partial charge in [-0.2, -0.15) is 0 Å². The molecule has 2 N–H and O–H groups in total. The van der Waals surface area contributed by atoms with Crippen LogP contribution in [0.1, 0.15) is 0 Å². The molecule has 6 heteroatoms. The van der Waals surface area contributed by atoms with Crippen LogP contribution in [0.2, 0.25) is 0 Å². The van der Waals surface area contributed by atoms with Gasteiger partial charge in [-0.3, -0.25) is 0 Å². The minimum absolute atomic E-state index is 0.489. The van der Waals surface area contributed by atoms with Crippen molar-refractivity contribution < 1.29 is 14.2 Å². The summed E-state index contributed by atoms with van der Waals surface area (Å²) in [4.78, 5) is 4.20.